The van der Waals surface area contributed by atoms with E-state index < -0.39 is 9.84 Å². The molecule has 0 saturated carbocycles. The van der Waals surface area contributed by atoms with Gasteiger partial charge in [-0.1, -0.05) is 6.07 Å². The smallest absolute Gasteiger partial charge is 0.170 e. The largest absolute Gasteiger partial charge is 0.362 e. The average molecular weight is 335 g/mol. The van der Waals surface area contributed by atoms with E-state index in [1.165, 1.54) is 0 Å². The number of nitrogens with zero attached hydrogens (tertiary/aromatic N) is 1. The second-order valence-corrected chi connectivity index (χ2v) is 8.15. The zero-order chi connectivity index (χ0) is 15.6. The van der Waals surface area contributed by atoms with Gasteiger partial charge in [0.2, 0.25) is 0 Å². The maximum absolute atomic E-state index is 11.4. The molecule has 0 amide bonds. The molecule has 0 spiro atoms. The fourth-order valence-electron chi connectivity index (χ4n) is 2.60. The summed E-state index contributed by atoms with van der Waals surface area (Å²) in [5, 5.41) is 7.77. The first-order valence-electron chi connectivity index (χ1n) is 7.12. The predicted molar refractivity (Wildman–Crippen MR) is 92.7 cm³/mol. The van der Waals surface area contributed by atoms with Crippen molar-refractivity contribution in [1.29, 1.82) is 0 Å². The van der Waals surface area contributed by atoms with Crippen LogP contribution in [0.25, 0.3) is 10.9 Å². The molecule has 0 aliphatic carbocycles. The van der Waals surface area contributed by atoms with Gasteiger partial charge >= 0.3 is 0 Å². The molecule has 7 heteroatoms. The van der Waals surface area contributed by atoms with Crippen molar-refractivity contribution >= 4 is 43.8 Å². The quantitative estimate of drug-likeness (QED) is 0.836. The number of sulfone groups is 1. The van der Waals surface area contributed by atoms with Crippen molar-refractivity contribution in [2.75, 3.05) is 23.4 Å². The summed E-state index contributed by atoms with van der Waals surface area (Å²) in [4.78, 5) is 4.27. The van der Waals surface area contributed by atoms with E-state index in [9.17, 15) is 8.42 Å². The van der Waals surface area contributed by atoms with Gasteiger partial charge in [-0.25, -0.2) is 8.42 Å². The molecule has 5 nitrogen and oxygen atoms in total. The van der Waals surface area contributed by atoms with Crippen LogP contribution in [0.3, 0.4) is 0 Å². The normalized spacial score (nSPS) is 19.9. The monoisotopic (exact) mass is 335 g/mol. The van der Waals surface area contributed by atoms with Crippen LogP contribution in [0, 0.1) is 5.92 Å². The molecular formula is C15H17N3O2S2. The highest BCUT2D eigenvalue weighted by atomic mass is 32.2. The Kier molecular flexibility index (Phi) is 4.26. The Morgan fingerprint density at radius 1 is 1.36 bits per heavy atom. The van der Waals surface area contributed by atoms with Crippen LogP contribution < -0.4 is 10.6 Å². The van der Waals surface area contributed by atoms with Crippen LogP contribution in [-0.4, -0.2) is 36.6 Å². The molecule has 1 fully saturated rings. The molecule has 1 aromatic carbocycles. The molecule has 1 aliphatic rings. The first-order chi connectivity index (χ1) is 10.5. The number of hydrogen-bond donors (Lipinski definition) is 2. The van der Waals surface area contributed by atoms with Gasteiger partial charge in [-0.05, 0) is 48.8 Å². The molecule has 1 atom stereocenters. The minimum Gasteiger partial charge on any atom is -0.362 e. The highest BCUT2D eigenvalue weighted by Gasteiger charge is 2.27. The van der Waals surface area contributed by atoms with E-state index >= 15 is 0 Å². The molecule has 1 aliphatic heterocycles. The minimum absolute atomic E-state index is 0.144. The molecule has 1 aromatic heterocycles. The van der Waals surface area contributed by atoms with Crippen molar-refractivity contribution in [1.82, 2.24) is 10.3 Å². The third-order valence-electron chi connectivity index (χ3n) is 3.74. The van der Waals surface area contributed by atoms with E-state index in [-0.39, 0.29) is 17.4 Å². The second-order valence-electron chi connectivity index (χ2n) is 5.51. The summed E-state index contributed by atoms with van der Waals surface area (Å²) in [7, 11) is -2.84. The molecule has 1 saturated heterocycles. The molecular weight excluding hydrogens is 318 g/mol. The van der Waals surface area contributed by atoms with E-state index in [4.69, 9.17) is 12.2 Å². The number of hydrogen-bond acceptors (Lipinski definition) is 4. The van der Waals surface area contributed by atoms with Crippen LogP contribution in [0.5, 0.6) is 0 Å². The topological polar surface area (TPSA) is 71.1 Å². The van der Waals surface area contributed by atoms with Crippen molar-refractivity contribution in [2.24, 2.45) is 5.92 Å². The van der Waals surface area contributed by atoms with Gasteiger partial charge in [0.05, 0.1) is 17.0 Å². The molecule has 0 bridgehead atoms. The Balaban J connectivity index is 1.56. The van der Waals surface area contributed by atoms with Crippen molar-refractivity contribution in [3.8, 4) is 0 Å². The molecule has 2 aromatic rings. The zero-order valence-corrected chi connectivity index (χ0v) is 13.6. The van der Waals surface area contributed by atoms with Gasteiger partial charge in [-0.15, -0.1) is 0 Å². The van der Waals surface area contributed by atoms with Crippen LogP contribution in [0.4, 0.5) is 5.69 Å². The van der Waals surface area contributed by atoms with E-state index in [0.717, 1.165) is 16.6 Å². The van der Waals surface area contributed by atoms with E-state index in [0.29, 0.717) is 18.1 Å². The Bertz CT molecular complexity index is 805. The van der Waals surface area contributed by atoms with Crippen LogP contribution in [0.2, 0.25) is 0 Å². The molecule has 2 N–H and O–H groups in total. The van der Waals surface area contributed by atoms with Crippen molar-refractivity contribution in [2.45, 2.75) is 6.42 Å². The lowest BCUT2D eigenvalue weighted by Gasteiger charge is -2.13. The average Bonchev–Trinajstić information content (AvgIpc) is 2.84. The van der Waals surface area contributed by atoms with Gasteiger partial charge in [-0.3, -0.25) is 4.98 Å². The number of anilines is 1. The summed E-state index contributed by atoms with van der Waals surface area (Å²) < 4.78 is 22.8. The fraction of sp³-hybridized carbons (Fsp3) is 0.333. The van der Waals surface area contributed by atoms with E-state index in [1.54, 1.807) is 6.20 Å². The predicted octanol–water partition coefficient (Wildman–Crippen LogP) is 1.96. The molecule has 22 heavy (non-hydrogen) atoms. The Hall–Kier alpha value is -1.73. The maximum atomic E-state index is 11.4. The van der Waals surface area contributed by atoms with Gasteiger partial charge in [-0.2, -0.15) is 0 Å². The number of thiocarbonyl (C=S) groups is 1. The van der Waals surface area contributed by atoms with Gasteiger partial charge in [0, 0.05) is 23.8 Å². The van der Waals surface area contributed by atoms with Crippen LogP contribution in [0.1, 0.15) is 6.42 Å². The van der Waals surface area contributed by atoms with Crippen molar-refractivity contribution in [3.05, 3.63) is 36.5 Å². The standard InChI is InChI=1S/C15H17N3O2S2/c19-22(20)7-5-11(10-22)9-17-15(21)18-13-3-4-14-12(8-13)2-1-6-16-14/h1-4,6,8,11H,5,7,9-10H2,(H2,17,18,21)/t11-/m1/s1. The van der Waals surface area contributed by atoms with Gasteiger partial charge < -0.3 is 10.6 Å². The third-order valence-corrected chi connectivity index (χ3v) is 5.82. The third kappa shape index (κ3) is 3.72. The minimum atomic E-state index is -2.84. The maximum Gasteiger partial charge on any atom is 0.170 e. The number of rotatable bonds is 3. The van der Waals surface area contributed by atoms with E-state index in [1.807, 2.05) is 30.3 Å². The molecule has 116 valence electrons. The SMILES string of the molecule is O=S1(=O)CC[C@H](CNC(=S)Nc2ccc3ncccc3c2)C1. The number of nitrogens with one attached hydrogen (secondary N) is 2. The fourth-order valence-corrected chi connectivity index (χ4v) is 4.66. The highest BCUT2D eigenvalue weighted by molar-refractivity contribution is 7.91. The Morgan fingerprint density at radius 2 is 2.23 bits per heavy atom. The lowest BCUT2D eigenvalue weighted by molar-refractivity contribution is 0.574. The van der Waals surface area contributed by atoms with Gasteiger partial charge in [0.15, 0.2) is 14.9 Å². The number of aromatic nitrogens is 1. The zero-order valence-electron chi connectivity index (χ0n) is 12.0. The molecule has 2 heterocycles. The second kappa shape index (κ2) is 6.18. The molecule has 0 radical (unpaired) electrons. The summed E-state index contributed by atoms with van der Waals surface area (Å²) in [6, 6.07) is 9.72. The Morgan fingerprint density at radius 3 is 3.00 bits per heavy atom. The Labute approximate surface area is 135 Å². The molecule has 0 unspecified atom stereocenters. The summed E-state index contributed by atoms with van der Waals surface area (Å²) >= 11 is 5.26. The number of fused-ring (bicyclic) bond motifs is 1. The highest BCUT2D eigenvalue weighted by Crippen LogP contribution is 2.18. The number of benzene rings is 1. The lowest BCUT2D eigenvalue weighted by atomic mass is 10.1. The van der Waals surface area contributed by atoms with Crippen LogP contribution >= 0.6 is 12.2 Å². The molecule has 3 rings (SSSR count). The summed E-state index contributed by atoms with van der Waals surface area (Å²) in [5.74, 6) is 0.687. The number of pyridine rings is 1. The van der Waals surface area contributed by atoms with Crippen molar-refractivity contribution < 1.29 is 8.42 Å². The first-order valence-corrected chi connectivity index (χ1v) is 9.35. The van der Waals surface area contributed by atoms with Gasteiger partial charge in [0.25, 0.3) is 0 Å². The van der Waals surface area contributed by atoms with Crippen molar-refractivity contribution in [3.63, 3.8) is 0 Å². The summed E-state index contributed by atoms with van der Waals surface area (Å²) in [6.07, 6.45) is 2.47. The van der Waals surface area contributed by atoms with Gasteiger partial charge in [0.1, 0.15) is 0 Å². The van der Waals surface area contributed by atoms with Crippen LogP contribution in [0.15, 0.2) is 36.5 Å². The van der Waals surface area contributed by atoms with E-state index in [2.05, 4.69) is 15.6 Å². The summed E-state index contributed by atoms with van der Waals surface area (Å²) in [5.41, 5.74) is 1.82. The lowest BCUT2D eigenvalue weighted by Crippen LogP contribution is -2.33. The van der Waals surface area contributed by atoms with Crippen LogP contribution in [-0.2, 0) is 9.84 Å². The summed E-state index contributed by atoms with van der Waals surface area (Å²) in [6.45, 7) is 0.584. The first kappa shape index (κ1) is 15.2.